The number of benzene rings is 2. The van der Waals surface area contributed by atoms with E-state index in [1.165, 1.54) is 38.1 Å². The molecule has 1 aliphatic heterocycles. The van der Waals surface area contributed by atoms with Gasteiger partial charge < -0.3 is 23.7 Å². The number of esters is 4. The molecule has 0 aliphatic carbocycles. The minimum Gasteiger partial charge on any atom is -0.480 e. The Morgan fingerprint density at radius 1 is 0.758 bits per heavy atom. The van der Waals surface area contributed by atoms with E-state index >= 15 is 0 Å². The summed E-state index contributed by atoms with van der Waals surface area (Å²) in [5.41, 5.74) is 0.295. The van der Waals surface area contributed by atoms with Gasteiger partial charge in [0.15, 0.2) is 6.10 Å². The molecule has 0 amide bonds. The molecular weight excluding hydrogens is 436 g/mol. The number of Topliss-reactive ketones (excluding diaryl/α,β-unsaturated/α-hetero) is 1. The summed E-state index contributed by atoms with van der Waals surface area (Å²) in [7, 11) is 0. The highest BCUT2D eigenvalue weighted by atomic mass is 16.6. The van der Waals surface area contributed by atoms with E-state index in [0.717, 1.165) is 13.8 Å². The van der Waals surface area contributed by atoms with Gasteiger partial charge in [0.05, 0.1) is 0 Å². The summed E-state index contributed by atoms with van der Waals surface area (Å²) in [5.74, 6) is -3.26. The smallest absolute Gasteiger partial charge is 0.308 e. The first kappa shape index (κ1) is 23.5. The molecule has 0 spiro atoms. The second-order valence-corrected chi connectivity index (χ2v) is 7.08. The van der Waals surface area contributed by atoms with Gasteiger partial charge in [-0.3, -0.25) is 24.0 Å². The fourth-order valence-corrected chi connectivity index (χ4v) is 3.27. The van der Waals surface area contributed by atoms with Crippen molar-refractivity contribution in [3.63, 3.8) is 0 Å². The van der Waals surface area contributed by atoms with Gasteiger partial charge in [0.2, 0.25) is 11.9 Å². The van der Waals surface area contributed by atoms with Crippen LogP contribution in [0.3, 0.4) is 0 Å². The van der Waals surface area contributed by atoms with Gasteiger partial charge >= 0.3 is 23.9 Å². The van der Waals surface area contributed by atoms with Gasteiger partial charge in [0.1, 0.15) is 28.6 Å². The van der Waals surface area contributed by atoms with Gasteiger partial charge in [-0.1, -0.05) is 12.1 Å². The fraction of sp³-hybridized carbons (Fsp3) is 0.261. The monoisotopic (exact) mass is 456 g/mol. The SMILES string of the molecule is CC(=O)Oc1ccc([C@@H]2Oc3cc(OC(C)=O)cc(OC(C)=O)c3C(=O)[C@H]2OC(C)=O)cc1. The normalized spacial score (nSPS) is 16.7. The first-order valence-electron chi connectivity index (χ1n) is 9.76. The summed E-state index contributed by atoms with van der Waals surface area (Å²) in [6, 6.07) is 8.56. The molecular formula is C23H20O10. The summed E-state index contributed by atoms with van der Waals surface area (Å²) in [6.07, 6.45) is -2.48. The van der Waals surface area contributed by atoms with Crippen LogP contribution in [0.2, 0.25) is 0 Å². The highest BCUT2D eigenvalue weighted by molar-refractivity contribution is 6.07. The van der Waals surface area contributed by atoms with Crippen molar-refractivity contribution < 1.29 is 47.7 Å². The van der Waals surface area contributed by atoms with Crippen LogP contribution in [0.15, 0.2) is 36.4 Å². The number of fused-ring (bicyclic) bond motifs is 1. The van der Waals surface area contributed by atoms with Crippen molar-refractivity contribution in [3.05, 3.63) is 47.5 Å². The van der Waals surface area contributed by atoms with Crippen molar-refractivity contribution in [3.8, 4) is 23.0 Å². The number of ether oxygens (including phenoxy) is 5. The maximum atomic E-state index is 13.4. The van der Waals surface area contributed by atoms with Crippen LogP contribution in [-0.2, 0) is 23.9 Å². The minimum absolute atomic E-state index is 0.0137. The van der Waals surface area contributed by atoms with E-state index in [2.05, 4.69) is 0 Å². The number of rotatable bonds is 5. The molecule has 2 aromatic rings. The standard InChI is InChI=1S/C23H20O10/c1-11(24)29-16-7-5-15(6-8-16)22-23(32-14(4)27)21(28)20-18(31-13(3)26)9-17(30-12(2)25)10-19(20)33-22/h5-10,22-23H,1-4H3/t22-,23+/m0/s1. The van der Waals surface area contributed by atoms with Gasteiger partial charge in [-0.2, -0.15) is 0 Å². The first-order chi connectivity index (χ1) is 15.5. The molecule has 0 bridgehead atoms. The van der Waals surface area contributed by atoms with Crippen molar-refractivity contribution in [1.29, 1.82) is 0 Å². The molecule has 0 unspecified atom stereocenters. The lowest BCUT2D eigenvalue weighted by molar-refractivity contribution is -0.149. The average Bonchev–Trinajstić information content (AvgIpc) is 2.68. The zero-order valence-corrected chi connectivity index (χ0v) is 18.2. The Balaban J connectivity index is 2.10. The van der Waals surface area contributed by atoms with Crippen molar-refractivity contribution in [2.45, 2.75) is 39.9 Å². The number of hydrogen-bond donors (Lipinski definition) is 0. The van der Waals surface area contributed by atoms with Crippen molar-refractivity contribution in [2.75, 3.05) is 0 Å². The molecule has 1 aliphatic rings. The highest BCUT2D eigenvalue weighted by Crippen LogP contribution is 2.44. The van der Waals surface area contributed by atoms with E-state index in [0.29, 0.717) is 5.56 Å². The van der Waals surface area contributed by atoms with Crippen molar-refractivity contribution in [1.82, 2.24) is 0 Å². The van der Waals surface area contributed by atoms with Gasteiger partial charge in [-0.25, -0.2) is 0 Å². The Morgan fingerprint density at radius 2 is 1.33 bits per heavy atom. The molecule has 0 aromatic heterocycles. The average molecular weight is 456 g/mol. The quantitative estimate of drug-likeness (QED) is 0.489. The van der Waals surface area contributed by atoms with Crippen LogP contribution in [0, 0.1) is 0 Å². The Bertz CT molecular complexity index is 1130. The van der Waals surface area contributed by atoms with E-state index in [-0.39, 0.29) is 28.6 Å². The molecule has 0 saturated carbocycles. The fourth-order valence-electron chi connectivity index (χ4n) is 3.27. The van der Waals surface area contributed by atoms with E-state index in [9.17, 15) is 24.0 Å². The summed E-state index contributed by atoms with van der Waals surface area (Å²) < 4.78 is 26.4. The molecule has 0 N–H and O–H groups in total. The maximum Gasteiger partial charge on any atom is 0.308 e. The van der Waals surface area contributed by atoms with Crippen LogP contribution >= 0.6 is 0 Å². The van der Waals surface area contributed by atoms with Gasteiger partial charge in [-0.15, -0.1) is 0 Å². The van der Waals surface area contributed by atoms with Gasteiger partial charge in [0, 0.05) is 39.8 Å². The molecule has 10 nitrogen and oxygen atoms in total. The third kappa shape index (κ3) is 5.53. The zero-order valence-electron chi connectivity index (χ0n) is 18.2. The molecule has 10 heteroatoms. The van der Waals surface area contributed by atoms with E-state index in [1.54, 1.807) is 12.1 Å². The van der Waals surface area contributed by atoms with Crippen molar-refractivity contribution in [2.24, 2.45) is 0 Å². The predicted molar refractivity (Wildman–Crippen MR) is 110 cm³/mol. The van der Waals surface area contributed by atoms with Crippen LogP contribution in [0.5, 0.6) is 23.0 Å². The highest BCUT2D eigenvalue weighted by Gasteiger charge is 2.43. The summed E-state index contributed by atoms with van der Waals surface area (Å²) in [5, 5.41) is 0. The number of carbonyl (C=O) groups is 5. The van der Waals surface area contributed by atoms with E-state index in [1.807, 2.05) is 0 Å². The molecule has 33 heavy (non-hydrogen) atoms. The molecule has 0 fully saturated rings. The molecule has 0 saturated heterocycles. The van der Waals surface area contributed by atoms with Crippen LogP contribution in [-0.4, -0.2) is 35.8 Å². The molecule has 2 aromatic carbocycles. The second-order valence-electron chi connectivity index (χ2n) is 7.08. The van der Waals surface area contributed by atoms with Crippen LogP contribution < -0.4 is 18.9 Å². The third-order valence-corrected chi connectivity index (χ3v) is 4.35. The largest absolute Gasteiger partial charge is 0.480 e. The summed E-state index contributed by atoms with van der Waals surface area (Å²) in [6.45, 7) is 4.71. The Morgan fingerprint density at radius 3 is 1.88 bits per heavy atom. The minimum atomic E-state index is -1.40. The lowest BCUT2D eigenvalue weighted by atomic mass is 9.92. The molecule has 2 atom stereocenters. The number of hydrogen-bond acceptors (Lipinski definition) is 10. The van der Waals surface area contributed by atoms with Gasteiger partial charge in [0.25, 0.3) is 0 Å². The molecule has 172 valence electrons. The third-order valence-electron chi connectivity index (χ3n) is 4.35. The van der Waals surface area contributed by atoms with Crippen LogP contribution in [0.4, 0.5) is 0 Å². The Hall–Kier alpha value is -4.21. The molecule has 0 radical (unpaired) electrons. The lowest BCUT2D eigenvalue weighted by Crippen LogP contribution is -2.40. The topological polar surface area (TPSA) is 132 Å². The number of carbonyl (C=O) groups excluding carboxylic acids is 5. The van der Waals surface area contributed by atoms with Crippen LogP contribution in [0.25, 0.3) is 0 Å². The van der Waals surface area contributed by atoms with E-state index in [4.69, 9.17) is 23.7 Å². The van der Waals surface area contributed by atoms with Crippen molar-refractivity contribution >= 4 is 29.7 Å². The van der Waals surface area contributed by atoms with E-state index < -0.39 is 41.9 Å². The molecule has 1 heterocycles. The van der Waals surface area contributed by atoms with Crippen LogP contribution in [0.1, 0.15) is 49.7 Å². The predicted octanol–water partition coefficient (Wildman–Crippen LogP) is 2.71. The van der Waals surface area contributed by atoms with Gasteiger partial charge in [-0.05, 0) is 17.7 Å². The lowest BCUT2D eigenvalue weighted by Gasteiger charge is -2.33. The second kappa shape index (κ2) is 9.51. The summed E-state index contributed by atoms with van der Waals surface area (Å²) >= 11 is 0. The zero-order chi connectivity index (χ0) is 24.3. The molecule has 3 rings (SSSR count). The maximum absolute atomic E-state index is 13.4. The number of ketones is 1. The summed E-state index contributed by atoms with van der Waals surface area (Å²) in [4.78, 5) is 59.2. The Kier molecular flexibility index (Phi) is 6.76. The Labute approximate surface area is 188 Å². The first-order valence-corrected chi connectivity index (χ1v) is 9.76.